The molecule has 0 aliphatic carbocycles. The quantitative estimate of drug-likeness (QED) is 0.593. The molecule has 7 heteroatoms. The molecule has 19 heavy (non-hydrogen) atoms. The normalized spacial score (nSPS) is 14.2. The van der Waals surface area contributed by atoms with Gasteiger partial charge in [0.2, 0.25) is 0 Å². The first-order chi connectivity index (χ1) is 8.73. The highest BCUT2D eigenvalue weighted by molar-refractivity contribution is 6.49. The number of aliphatic hydroxyl groups is 1. The number of aliphatic carboxylic acids is 1. The summed E-state index contributed by atoms with van der Waals surface area (Å²) in [5.74, 6) is -1.15. The van der Waals surface area contributed by atoms with Crippen LogP contribution in [0.1, 0.15) is 31.4 Å². The average molecular weight is 346 g/mol. The van der Waals surface area contributed by atoms with Crippen molar-refractivity contribution >= 4 is 52.4 Å². The predicted molar refractivity (Wildman–Crippen MR) is 77.5 cm³/mol. The van der Waals surface area contributed by atoms with Gasteiger partial charge in [-0.25, -0.2) is 0 Å². The van der Waals surface area contributed by atoms with Crippen LogP contribution in [-0.2, 0) is 4.79 Å². The van der Waals surface area contributed by atoms with Gasteiger partial charge in [-0.1, -0.05) is 53.3 Å². The van der Waals surface area contributed by atoms with Crippen molar-refractivity contribution in [1.82, 2.24) is 0 Å². The summed E-state index contributed by atoms with van der Waals surface area (Å²) in [7, 11) is 0. The molecule has 0 aromatic heterocycles. The zero-order valence-corrected chi connectivity index (χ0v) is 13.0. The molecule has 1 aromatic carbocycles. The van der Waals surface area contributed by atoms with Crippen molar-refractivity contribution in [2.75, 3.05) is 0 Å². The maximum absolute atomic E-state index is 10.6. The minimum absolute atomic E-state index is 0.0480. The van der Waals surface area contributed by atoms with Crippen LogP contribution in [0.4, 0.5) is 0 Å². The predicted octanol–water partition coefficient (Wildman–Crippen LogP) is 4.83. The Balaban J connectivity index is 2.97. The number of hydrogen-bond donors (Lipinski definition) is 2. The van der Waals surface area contributed by atoms with Gasteiger partial charge in [0, 0.05) is 17.0 Å². The van der Waals surface area contributed by atoms with Crippen molar-refractivity contribution in [2.45, 2.75) is 25.9 Å². The molecule has 106 valence electrons. The van der Waals surface area contributed by atoms with Crippen molar-refractivity contribution in [3.05, 3.63) is 31.7 Å². The molecule has 1 aromatic rings. The van der Waals surface area contributed by atoms with Crippen molar-refractivity contribution in [3.8, 4) is 0 Å². The van der Waals surface area contributed by atoms with Gasteiger partial charge in [-0.3, -0.25) is 4.79 Å². The summed E-state index contributed by atoms with van der Waals surface area (Å²) < 4.78 is 0. The van der Waals surface area contributed by atoms with Gasteiger partial charge in [0.15, 0.2) is 0 Å². The van der Waals surface area contributed by atoms with Crippen LogP contribution in [0.5, 0.6) is 0 Å². The number of carbonyl (C=O) groups is 1. The second-order valence-electron chi connectivity index (χ2n) is 4.34. The summed E-state index contributed by atoms with van der Waals surface area (Å²) in [5.41, 5.74) is 0.273. The number of halogens is 4. The Morgan fingerprint density at radius 1 is 1.21 bits per heavy atom. The van der Waals surface area contributed by atoms with E-state index in [2.05, 4.69) is 0 Å². The first-order valence-electron chi connectivity index (χ1n) is 5.46. The lowest BCUT2D eigenvalue weighted by atomic mass is 9.96. The van der Waals surface area contributed by atoms with Gasteiger partial charge < -0.3 is 10.2 Å². The first-order valence-corrected chi connectivity index (χ1v) is 6.98. The van der Waals surface area contributed by atoms with E-state index in [1.54, 1.807) is 6.92 Å². The van der Waals surface area contributed by atoms with Gasteiger partial charge in [0.05, 0.1) is 21.2 Å². The summed E-state index contributed by atoms with van der Waals surface area (Å²) in [5, 5.41) is 19.4. The molecule has 2 unspecified atom stereocenters. The molecule has 0 amide bonds. The number of carboxylic acids is 1. The summed E-state index contributed by atoms with van der Waals surface area (Å²) in [6.07, 6.45) is -0.832. The monoisotopic (exact) mass is 344 g/mol. The van der Waals surface area contributed by atoms with E-state index >= 15 is 0 Å². The van der Waals surface area contributed by atoms with Crippen LogP contribution in [-0.4, -0.2) is 16.2 Å². The van der Waals surface area contributed by atoms with E-state index in [0.29, 0.717) is 0 Å². The minimum Gasteiger partial charge on any atom is -0.481 e. The Kier molecular flexibility index (Phi) is 6.21. The third kappa shape index (κ3) is 4.40. The van der Waals surface area contributed by atoms with Crippen LogP contribution in [0.15, 0.2) is 6.07 Å². The second kappa shape index (κ2) is 7.00. The Hall–Kier alpha value is -0.190. The highest BCUT2D eigenvalue weighted by Gasteiger charge is 2.22. The van der Waals surface area contributed by atoms with E-state index < -0.39 is 12.1 Å². The molecule has 0 heterocycles. The lowest BCUT2D eigenvalue weighted by Gasteiger charge is -2.18. The number of benzene rings is 1. The topological polar surface area (TPSA) is 57.5 Å². The summed E-state index contributed by atoms with van der Waals surface area (Å²) >= 11 is 23.7. The maximum Gasteiger partial charge on any atom is 0.303 e. The standard InChI is InChI=1S/C12H12Cl4O3/c1-5(3-9(18)19)2-8(17)10-6(13)4-7(14)11(15)12(10)16/h4-5,8,17H,2-3H2,1H3,(H,18,19). The van der Waals surface area contributed by atoms with E-state index in [4.69, 9.17) is 51.5 Å². The zero-order chi connectivity index (χ0) is 14.7. The highest BCUT2D eigenvalue weighted by Crippen LogP contribution is 2.41. The lowest BCUT2D eigenvalue weighted by molar-refractivity contribution is -0.138. The van der Waals surface area contributed by atoms with Gasteiger partial charge in [-0.2, -0.15) is 0 Å². The molecule has 0 spiro atoms. The second-order valence-corrected chi connectivity index (χ2v) is 5.91. The molecule has 0 saturated carbocycles. The molecular formula is C12H12Cl4O3. The minimum atomic E-state index is -0.996. The van der Waals surface area contributed by atoms with Gasteiger partial charge in [0.25, 0.3) is 0 Å². The van der Waals surface area contributed by atoms with Crippen LogP contribution >= 0.6 is 46.4 Å². The summed E-state index contributed by atoms with van der Waals surface area (Å²) in [4.78, 5) is 10.6. The van der Waals surface area contributed by atoms with E-state index in [1.165, 1.54) is 6.07 Å². The van der Waals surface area contributed by atoms with Crippen LogP contribution in [0.2, 0.25) is 20.1 Å². The highest BCUT2D eigenvalue weighted by atomic mass is 35.5. The van der Waals surface area contributed by atoms with Gasteiger partial charge in [-0.05, 0) is 18.4 Å². The number of aliphatic hydroxyl groups excluding tert-OH is 1. The largest absolute Gasteiger partial charge is 0.481 e. The average Bonchev–Trinajstić information content (AvgIpc) is 2.24. The number of rotatable bonds is 5. The van der Waals surface area contributed by atoms with E-state index in [0.717, 1.165) is 0 Å². The molecule has 0 aliphatic heterocycles. The van der Waals surface area contributed by atoms with Crippen LogP contribution in [0.3, 0.4) is 0 Å². The van der Waals surface area contributed by atoms with Crippen molar-refractivity contribution < 1.29 is 15.0 Å². The fourth-order valence-corrected chi connectivity index (χ4v) is 2.94. The SMILES string of the molecule is CC(CC(=O)O)CC(O)c1c(Cl)cc(Cl)c(Cl)c1Cl. The van der Waals surface area contributed by atoms with Crippen LogP contribution < -0.4 is 0 Å². The maximum atomic E-state index is 10.6. The van der Waals surface area contributed by atoms with Crippen molar-refractivity contribution in [3.63, 3.8) is 0 Å². The molecule has 0 bridgehead atoms. The summed E-state index contributed by atoms with van der Waals surface area (Å²) in [6, 6.07) is 1.40. The van der Waals surface area contributed by atoms with E-state index in [9.17, 15) is 9.90 Å². The molecule has 0 fully saturated rings. The Morgan fingerprint density at radius 3 is 2.32 bits per heavy atom. The van der Waals surface area contributed by atoms with Crippen LogP contribution in [0.25, 0.3) is 0 Å². The fraction of sp³-hybridized carbons (Fsp3) is 0.417. The lowest BCUT2D eigenvalue weighted by Crippen LogP contribution is -2.10. The van der Waals surface area contributed by atoms with Crippen LogP contribution in [0, 0.1) is 5.92 Å². The van der Waals surface area contributed by atoms with E-state index in [1.807, 2.05) is 0 Å². The molecule has 2 N–H and O–H groups in total. The fourth-order valence-electron chi connectivity index (χ4n) is 1.77. The molecule has 3 nitrogen and oxygen atoms in total. The van der Waals surface area contributed by atoms with Gasteiger partial charge >= 0.3 is 5.97 Å². The molecular weight excluding hydrogens is 334 g/mol. The Morgan fingerprint density at radius 2 is 1.79 bits per heavy atom. The molecule has 0 saturated heterocycles. The molecule has 0 radical (unpaired) electrons. The van der Waals surface area contributed by atoms with E-state index in [-0.39, 0.29) is 44.4 Å². The smallest absolute Gasteiger partial charge is 0.303 e. The Bertz CT molecular complexity index is 490. The number of hydrogen-bond acceptors (Lipinski definition) is 2. The van der Waals surface area contributed by atoms with Gasteiger partial charge in [-0.15, -0.1) is 0 Å². The molecule has 2 atom stereocenters. The Labute approximate surface area is 131 Å². The summed E-state index contributed by atoms with van der Waals surface area (Å²) in [6.45, 7) is 1.72. The third-order valence-corrected chi connectivity index (χ3v) is 4.22. The third-order valence-electron chi connectivity index (χ3n) is 2.63. The van der Waals surface area contributed by atoms with Gasteiger partial charge in [0.1, 0.15) is 0 Å². The number of carboxylic acid groups (broad SMARTS) is 1. The first kappa shape index (κ1) is 16.9. The van der Waals surface area contributed by atoms with Crippen molar-refractivity contribution in [2.24, 2.45) is 5.92 Å². The zero-order valence-electron chi connectivity index (χ0n) is 9.96. The molecule has 1 rings (SSSR count). The van der Waals surface area contributed by atoms with Crippen molar-refractivity contribution in [1.29, 1.82) is 0 Å². The molecule has 0 aliphatic rings.